The summed E-state index contributed by atoms with van der Waals surface area (Å²) in [4.78, 5) is 0. The van der Waals surface area contributed by atoms with Crippen LogP contribution in [0.1, 0.15) is 6.42 Å². The molecule has 0 saturated carbocycles. The first-order valence-corrected chi connectivity index (χ1v) is 3.96. The predicted octanol–water partition coefficient (Wildman–Crippen LogP) is 1.09. The molecule has 0 radical (unpaired) electrons. The highest BCUT2D eigenvalue weighted by Crippen LogP contribution is 2.17. The van der Waals surface area contributed by atoms with E-state index in [1.807, 2.05) is 6.08 Å². The van der Waals surface area contributed by atoms with Gasteiger partial charge in [-0.05, 0) is 13.0 Å². The van der Waals surface area contributed by atoms with Gasteiger partial charge >= 0.3 is 0 Å². The fourth-order valence-electron chi connectivity index (χ4n) is 1.34. The number of hydrogen-bond acceptors (Lipinski definition) is 2. The Morgan fingerprint density at radius 1 is 1.36 bits per heavy atom. The van der Waals surface area contributed by atoms with Crippen LogP contribution >= 0.6 is 0 Å². The van der Waals surface area contributed by atoms with Crippen molar-refractivity contribution < 1.29 is 4.74 Å². The molecule has 1 aliphatic rings. The van der Waals surface area contributed by atoms with Gasteiger partial charge in [-0.2, -0.15) is 0 Å². The van der Waals surface area contributed by atoms with Gasteiger partial charge in [-0.25, -0.2) is 0 Å². The lowest BCUT2D eigenvalue weighted by molar-refractivity contribution is 0.103. The molecule has 2 nitrogen and oxygen atoms in total. The molecular formula is C9H15NO. The van der Waals surface area contributed by atoms with Crippen LogP contribution in [0.5, 0.6) is 0 Å². The molecule has 2 N–H and O–H groups in total. The zero-order chi connectivity index (χ0) is 8.10. The van der Waals surface area contributed by atoms with Gasteiger partial charge in [-0.3, -0.25) is 0 Å². The van der Waals surface area contributed by atoms with Crippen molar-refractivity contribution >= 4 is 0 Å². The quantitative estimate of drug-likeness (QED) is 0.658. The molecule has 0 aliphatic heterocycles. The van der Waals surface area contributed by atoms with Crippen LogP contribution in [0.3, 0.4) is 0 Å². The molecule has 62 valence electrons. The largest absolute Gasteiger partial charge is 0.377 e. The third-order valence-corrected chi connectivity index (χ3v) is 1.96. The van der Waals surface area contributed by atoms with Gasteiger partial charge in [0, 0.05) is 13.0 Å². The van der Waals surface area contributed by atoms with Gasteiger partial charge in [0.25, 0.3) is 0 Å². The zero-order valence-electron chi connectivity index (χ0n) is 6.86. The number of allylic oxidation sites excluding steroid dienone is 2. The minimum absolute atomic E-state index is 0.226. The van der Waals surface area contributed by atoms with Crippen molar-refractivity contribution in [2.24, 2.45) is 11.7 Å². The maximum Gasteiger partial charge on any atom is 0.0818 e. The first-order valence-electron chi connectivity index (χ1n) is 3.96. The van der Waals surface area contributed by atoms with E-state index in [4.69, 9.17) is 10.5 Å². The molecule has 0 aromatic rings. The van der Waals surface area contributed by atoms with Crippen LogP contribution in [0, 0.1) is 5.92 Å². The normalized spacial score (nSPS) is 29.3. The molecule has 0 saturated heterocycles. The molecule has 0 fully saturated rings. The van der Waals surface area contributed by atoms with Crippen molar-refractivity contribution in [2.45, 2.75) is 12.5 Å². The second-order valence-electron chi connectivity index (χ2n) is 2.71. The summed E-state index contributed by atoms with van der Waals surface area (Å²) in [5.41, 5.74) is 5.46. The third-order valence-electron chi connectivity index (χ3n) is 1.96. The van der Waals surface area contributed by atoms with E-state index in [1.54, 1.807) is 7.11 Å². The highest BCUT2D eigenvalue weighted by molar-refractivity contribution is 5.15. The van der Waals surface area contributed by atoms with E-state index < -0.39 is 0 Å². The Hall–Kier alpha value is -0.600. The average Bonchev–Trinajstić information content (AvgIpc) is 2.06. The molecule has 2 heteroatoms. The SMILES string of the molecule is COC1C=CC=CC1CCN. The van der Waals surface area contributed by atoms with Gasteiger partial charge in [-0.1, -0.05) is 24.3 Å². The zero-order valence-corrected chi connectivity index (χ0v) is 6.86. The second kappa shape index (κ2) is 4.31. The highest BCUT2D eigenvalue weighted by atomic mass is 16.5. The number of ether oxygens (including phenoxy) is 1. The van der Waals surface area contributed by atoms with Crippen LogP contribution in [-0.4, -0.2) is 19.8 Å². The Morgan fingerprint density at radius 2 is 2.09 bits per heavy atom. The van der Waals surface area contributed by atoms with Gasteiger partial charge in [0.1, 0.15) is 0 Å². The standard InChI is InChI=1S/C9H15NO/c1-11-9-5-3-2-4-8(9)6-7-10/h2-5,8-9H,6-7,10H2,1H3. The number of methoxy groups -OCH3 is 1. The lowest BCUT2D eigenvalue weighted by Gasteiger charge is -2.21. The Bertz CT molecular complexity index is 163. The summed E-state index contributed by atoms with van der Waals surface area (Å²) in [6.07, 6.45) is 9.51. The van der Waals surface area contributed by atoms with Crippen LogP contribution in [0.25, 0.3) is 0 Å². The van der Waals surface area contributed by atoms with Crippen molar-refractivity contribution in [3.05, 3.63) is 24.3 Å². The molecule has 0 bridgehead atoms. The summed E-state index contributed by atoms with van der Waals surface area (Å²) in [5, 5.41) is 0. The molecule has 1 aliphatic carbocycles. The van der Waals surface area contributed by atoms with Crippen molar-refractivity contribution in [1.82, 2.24) is 0 Å². The Balaban J connectivity index is 2.48. The number of hydrogen-bond donors (Lipinski definition) is 1. The molecule has 0 aromatic heterocycles. The summed E-state index contributed by atoms with van der Waals surface area (Å²) in [6, 6.07) is 0. The summed E-state index contributed by atoms with van der Waals surface area (Å²) >= 11 is 0. The molecule has 1 rings (SSSR count). The predicted molar refractivity (Wildman–Crippen MR) is 46.2 cm³/mol. The Morgan fingerprint density at radius 3 is 2.73 bits per heavy atom. The molecule has 0 heterocycles. The first-order chi connectivity index (χ1) is 5.38. The summed E-state index contributed by atoms with van der Waals surface area (Å²) < 4.78 is 5.26. The van der Waals surface area contributed by atoms with E-state index in [0.29, 0.717) is 5.92 Å². The van der Waals surface area contributed by atoms with Gasteiger partial charge in [0.2, 0.25) is 0 Å². The first kappa shape index (κ1) is 8.50. The van der Waals surface area contributed by atoms with Crippen LogP contribution < -0.4 is 5.73 Å². The van der Waals surface area contributed by atoms with Crippen LogP contribution in [0.4, 0.5) is 0 Å². The maximum atomic E-state index is 5.46. The second-order valence-corrected chi connectivity index (χ2v) is 2.71. The molecule has 0 aromatic carbocycles. The smallest absolute Gasteiger partial charge is 0.0818 e. The van der Waals surface area contributed by atoms with Crippen molar-refractivity contribution in [3.63, 3.8) is 0 Å². The van der Waals surface area contributed by atoms with E-state index in [2.05, 4.69) is 18.2 Å². The summed E-state index contributed by atoms with van der Waals surface area (Å²) in [6.45, 7) is 0.725. The summed E-state index contributed by atoms with van der Waals surface area (Å²) in [7, 11) is 1.73. The lowest BCUT2D eigenvalue weighted by Crippen LogP contribution is -2.23. The van der Waals surface area contributed by atoms with Gasteiger partial charge in [0.05, 0.1) is 6.10 Å². The molecule has 2 atom stereocenters. The van der Waals surface area contributed by atoms with Crippen LogP contribution in [0.15, 0.2) is 24.3 Å². The molecular weight excluding hydrogens is 138 g/mol. The topological polar surface area (TPSA) is 35.2 Å². The van der Waals surface area contributed by atoms with Crippen LogP contribution in [-0.2, 0) is 4.74 Å². The van der Waals surface area contributed by atoms with E-state index in [-0.39, 0.29) is 6.10 Å². The van der Waals surface area contributed by atoms with Crippen molar-refractivity contribution in [3.8, 4) is 0 Å². The van der Waals surface area contributed by atoms with Gasteiger partial charge in [0.15, 0.2) is 0 Å². The molecule has 0 spiro atoms. The maximum absolute atomic E-state index is 5.46. The van der Waals surface area contributed by atoms with E-state index in [9.17, 15) is 0 Å². The minimum Gasteiger partial charge on any atom is -0.377 e. The summed E-state index contributed by atoms with van der Waals surface area (Å²) in [5.74, 6) is 0.468. The highest BCUT2D eigenvalue weighted by Gasteiger charge is 2.16. The van der Waals surface area contributed by atoms with E-state index in [0.717, 1.165) is 13.0 Å². The molecule has 11 heavy (non-hydrogen) atoms. The Labute approximate surface area is 67.7 Å². The number of nitrogens with two attached hydrogens (primary N) is 1. The van der Waals surface area contributed by atoms with Crippen molar-refractivity contribution in [2.75, 3.05) is 13.7 Å². The van der Waals surface area contributed by atoms with Gasteiger partial charge < -0.3 is 10.5 Å². The fraction of sp³-hybridized carbons (Fsp3) is 0.556. The molecule has 0 amide bonds. The minimum atomic E-state index is 0.226. The third kappa shape index (κ3) is 2.17. The lowest BCUT2D eigenvalue weighted by atomic mass is 9.94. The van der Waals surface area contributed by atoms with E-state index >= 15 is 0 Å². The number of rotatable bonds is 3. The van der Waals surface area contributed by atoms with Crippen molar-refractivity contribution in [1.29, 1.82) is 0 Å². The van der Waals surface area contributed by atoms with Gasteiger partial charge in [-0.15, -0.1) is 0 Å². The van der Waals surface area contributed by atoms with E-state index in [1.165, 1.54) is 0 Å². The fourth-order valence-corrected chi connectivity index (χ4v) is 1.34. The average molecular weight is 153 g/mol. The monoisotopic (exact) mass is 153 g/mol. The van der Waals surface area contributed by atoms with Crippen LogP contribution in [0.2, 0.25) is 0 Å². The Kier molecular flexibility index (Phi) is 3.33. The molecule has 2 unspecified atom stereocenters.